The molecule has 1 aliphatic carbocycles. The maximum atomic E-state index is 11.4. The first-order valence-electron chi connectivity index (χ1n) is 7.09. The van der Waals surface area contributed by atoms with Gasteiger partial charge < -0.3 is 0 Å². The van der Waals surface area contributed by atoms with Crippen molar-refractivity contribution in [1.82, 2.24) is 0 Å². The zero-order chi connectivity index (χ0) is 11.5. The maximum absolute atomic E-state index is 11.4. The van der Waals surface area contributed by atoms with E-state index in [4.69, 9.17) is 0 Å². The molecule has 0 radical (unpaired) electrons. The molecule has 0 fully saturated rings. The average Bonchev–Trinajstić information content (AvgIpc) is 2.29. The molecule has 1 aliphatic rings. The standard InChI is InChI=1S/C15H26O/c16-15-13-11-9-7-5-3-1-2-4-6-8-10-12-14-15/h11,13H,1-10,12,14H2/b13-11+. The van der Waals surface area contributed by atoms with Gasteiger partial charge in [0.15, 0.2) is 5.78 Å². The highest BCUT2D eigenvalue weighted by atomic mass is 16.1. The van der Waals surface area contributed by atoms with Gasteiger partial charge in [0.1, 0.15) is 0 Å². The summed E-state index contributed by atoms with van der Waals surface area (Å²) in [5, 5.41) is 0. The van der Waals surface area contributed by atoms with Crippen molar-refractivity contribution in [3.8, 4) is 0 Å². The molecule has 0 aliphatic heterocycles. The van der Waals surface area contributed by atoms with Crippen LogP contribution in [0.25, 0.3) is 0 Å². The van der Waals surface area contributed by atoms with Crippen LogP contribution in [0.5, 0.6) is 0 Å². The summed E-state index contributed by atoms with van der Waals surface area (Å²) in [5.74, 6) is 0.329. The highest BCUT2D eigenvalue weighted by molar-refractivity contribution is 5.89. The Morgan fingerprint density at radius 1 is 0.688 bits per heavy atom. The number of carbonyl (C=O) groups excluding carboxylic acids is 1. The zero-order valence-electron chi connectivity index (χ0n) is 10.5. The molecule has 0 spiro atoms. The first-order valence-corrected chi connectivity index (χ1v) is 7.09. The fourth-order valence-corrected chi connectivity index (χ4v) is 2.27. The normalized spacial score (nSPS) is 24.4. The van der Waals surface area contributed by atoms with Gasteiger partial charge in [-0.25, -0.2) is 0 Å². The van der Waals surface area contributed by atoms with Crippen molar-refractivity contribution in [1.29, 1.82) is 0 Å². The highest BCUT2D eigenvalue weighted by Crippen LogP contribution is 2.13. The number of carbonyl (C=O) groups is 1. The third kappa shape index (κ3) is 7.67. The lowest BCUT2D eigenvalue weighted by atomic mass is 10.1. The van der Waals surface area contributed by atoms with Gasteiger partial charge in [-0.1, -0.05) is 57.4 Å². The topological polar surface area (TPSA) is 17.1 Å². The van der Waals surface area contributed by atoms with Crippen LogP contribution in [0.3, 0.4) is 0 Å². The van der Waals surface area contributed by atoms with Gasteiger partial charge in [0.25, 0.3) is 0 Å². The molecule has 0 unspecified atom stereocenters. The zero-order valence-corrected chi connectivity index (χ0v) is 10.5. The van der Waals surface area contributed by atoms with E-state index in [1.54, 1.807) is 6.08 Å². The van der Waals surface area contributed by atoms with Crippen LogP contribution in [-0.4, -0.2) is 5.78 Å². The molecule has 1 heteroatoms. The average molecular weight is 222 g/mol. The summed E-state index contributed by atoms with van der Waals surface area (Å²) < 4.78 is 0. The van der Waals surface area contributed by atoms with Gasteiger partial charge >= 0.3 is 0 Å². The molecule has 1 rings (SSSR count). The molecule has 0 aromatic carbocycles. The highest BCUT2D eigenvalue weighted by Gasteiger charge is 1.98. The van der Waals surface area contributed by atoms with Crippen LogP contribution in [-0.2, 0) is 4.79 Å². The second kappa shape index (κ2) is 9.62. The lowest BCUT2D eigenvalue weighted by molar-refractivity contribution is -0.114. The predicted octanol–water partition coefficient (Wildman–Crippen LogP) is 4.81. The molecule has 0 heterocycles. The minimum Gasteiger partial charge on any atom is -0.295 e. The Labute approximate surface area is 100 Å². The number of hydrogen-bond donors (Lipinski definition) is 0. The van der Waals surface area contributed by atoms with Gasteiger partial charge in [-0.2, -0.15) is 0 Å². The van der Waals surface area contributed by atoms with Gasteiger partial charge in [-0.05, 0) is 25.3 Å². The second-order valence-electron chi connectivity index (χ2n) is 4.94. The molecule has 0 aromatic heterocycles. The van der Waals surface area contributed by atoms with E-state index in [1.165, 1.54) is 57.8 Å². The van der Waals surface area contributed by atoms with Crippen LogP contribution in [0.2, 0.25) is 0 Å². The first-order chi connectivity index (χ1) is 7.89. The Bertz CT molecular complexity index is 205. The summed E-state index contributed by atoms with van der Waals surface area (Å²) in [7, 11) is 0. The van der Waals surface area contributed by atoms with E-state index in [0.717, 1.165) is 19.3 Å². The monoisotopic (exact) mass is 222 g/mol. The van der Waals surface area contributed by atoms with Gasteiger partial charge in [-0.3, -0.25) is 4.79 Å². The number of ketones is 1. The molecule has 0 bridgehead atoms. The van der Waals surface area contributed by atoms with Crippen molar-refractivity contribution in [3.05, 3.63) is 12.2 Å². The van der Waals surface area contributed by atoms with Crippen LogP contribution in [0.1, 0.15) is 77.0 Å². The van der Waals surface area contributed by atoms with E-state index in [9.17, 15) is 4.79 Å². The lowest BCUT2D eigenvalue weighted by Crippen LogP contribution is -1.92. The fourth-order valence-electron chi connectivity index (χ4n) is 2.27. The van der Waals surface area contributed by atoms with Crippen LogP contribution in [0.15, 0.2) is 12.2 Å². The van der Waals surface area contributed by atoms with E-state index in [1.807, 2.05) is 0 Å². The Hall–Kier alpha value is -0.590. The molecule has 0 N–H and O–H groups in total. The molecular weight excluding hydrogens is 196 g/mol. The van der Waals surface area contributed by atoms with Crippen molar-refractivity contribution in [2.24, 2.45) is 0 Å². The van der Waals surface area contributed by atoms with Crippen molar-refractivity contribution in [2.45, 2.75) is 77.0 Å². The molecule has 1 nitrogen and oxygen atoms in total. The fraction of sp³-hybridized carbons (Fsp3) is 0.800. The summed E-state index contributed by atoms with van der Waals surface area (Å²) in [6.45, 7) is 0. The van der Waals surface area contributed by atoms with Crippen LogP contribution < -0.4 is 0 Å². The number of rotatable bonds is 0. The first kappa shape index (κ1) is 13.5. The summed E-state index contributed by atoms with van der Waals surface area (Å²) in [6, 6.07) is 0. The predicted molar refractivity (Wildman–Crippen MR) is 69.6 cm³/mol. The molecule has 0 saturated carbocycles. The molecular formula is C15H26O. The molecule has 0 amide bonds. The van der Waals surface area contributed by atoms with E-state index in [0.29, 0.717) is 5.78 Å². The smallest absolute Gasteiger partial charge is 0.155 e. The van der Waals surface area contributed by atoms with Crippen molar-refractivity contribution in [2.75, 3.05) is 0 Å². The van der Waals surface area contributed by atoms with Crippen LogP contribution in [0, 0.1) is 0 Å². The minimum absolute atomic E-state index is 0.329. The van der Waals surface area contributed by atoms with Gasteiger partial charge in [0.2, 0.25) is 0 Å². The molecule has 0 saturated heterocycles. The summed E-state index contributed by atoms with van der Waals surface area (Å²) in [4.78, 5) is 11.4. The Kier molecular flexibility index (Phi) is 8.10. The molecule has 0 atom stereocenters. The van der Waals surface area contributed by atoms with Crippen molar-refractivity contribution in [3.63, 3.8) is 0 Å². The van der Waals surface area contributed by atoms with Crippen LogP contribution in [0.4, 0.5) is 0 Å². The summed E-state index contributed by atoms with van der Waals surface area (Å²) >= 11 is 0. The van der Waals surface area contributed by atoms with Gasteiger partial charge in [0, 0.05) is 6.42 Å². The van der Waals surface area contributed by atoms with Crippen molar-refractivity contribution >= 4 is 5.78 Å². The maximum Gasteiger partial charge on any atom is 0.155 e. The summed E-state index contributed by atoms with van der Waals surface area (Å²) in [5.41, 5.74) is 0. The van der Waals surface area contributed by atoms with Gasteiger partial charge in [-0.15, -0.1) is 0 Å². The minimum atomic E-state index is 0.329. The Balaban J connectivity index is 2.21. The summed E-state index contributed by atoms with van der Waals surface area (Å²) in [6.07, 6.45) is 18.9. The van der Waals surface area contributed by atoms with Crippen LogP contribution >= 0.6 is 0 Å². The Morgan fingerprint density at radius 3 is 1.81 bits per heavy atom. The largest absolute Gasteiger partial charge is 0.295 e. The van der Waals surface area contributed by atoms with E-state index >= 15 is 0 Å². The third-order valence-electron chi connectivity index (χ3n) is 3.35. The molecule has 92 valence electrons. The number of allylic oxidation sites excluding steroid dienone is 2. The lowest BCUT2D eigenvalue weighted by Gasteiger charge is -2.01. The van der Waals surface area contributed by atoms with Crippen molar-refractivity contribution < 1.29 is 4.79 Å². The van der Waals surface area contributed by atoms with E-state index in [2.05, 4.69) is 6.08 Å². The number of hydrogen-bond acceptors (Lipinski definition) is 1. The molecule has 16 heavy (non-hydrogen) atoms. The van der Waals surface area contributed by atoms with Gasteiger partial charge in [0.05, 0.1) is 0 Å². The quantitative estimate of drug-likeness (QED) is 0.575. The van der Waals surface area contributed by atoms with E-state index in [-0.39, 0.29) is 0 Å². The third-order valence-corrected chi connectivity index (χ3v) is 3.35. The molecule has 0 aromatic rings. The Morgan fingerprint density at radius 2 is 1.19 bits per heavy atom. The SMILES string of the molecule is O=C1/C=C/CCCCCCCCCCCC1. The van der Waals surface area contributed by atoms with E-state index < -0.39 is 0 Å². The second-order valence-corrected chi connectivity index (χ2v) is 4.94.